The molecule has 3 aromatic rings. The molecule has 6 nitrogen and oxygen atoms in total. The van der Waals surface area contributed by atoms with Crippen LogP contribution >= 0.6 is 23.7 Å². The molecule has 0 atom stereocenters. The van der Waals surface area contributed by atoms with Gasteiger partial charge >= 0.3 is 0 Å². The predicted molar refractivity (Wildman–Crippen MR) is 114 cm³/mol. The van der Waals surface area contributed by atoms with E-state index in [0.717, 1.165) is 28.3 Å². The first-order chi connectivity index (χ1) is 12.5. The summed E-state index contributed by atoms with van der Waals surface area (Å²) >= 11 is 1.57. The molecule has 0 saturated carbocycles. The fraction of sp³-hybridized carbons (Fsp3) is 0.421. The van der Waals surface area contributed by atoms with Crippen LogP contribution < -0.4 is 4.90 Å². The van der Waals surface area contributed by atoms with Crippen LogP contribution in [0.1, 0.15) is 29.9 Å². The van der Waals surface area contributed by atoms with Crippen molar-refractivity contribution in [3.8, 4) is 0 Å². The van der Waals surface area contributed by atoms with Gasteiger partial charge in [0, 0.05) is 25.8 Å². The smallest absolute Gasteiger partial charge is 0.278 e. The first-order valence-corrected chi connectivity index (χ1v) is 9.73. The number of nitrogens with zero attached hydrogens (tertiary/aromatic N) is 5. The lowest BCUT2D eigenvalue weighted by Crippen LogP contribution is -2.37. The van der Waals surface area contributed by atoms with Crippen LogP contribution in [0.4, 0.5) is 5.13 Å². The van der Waals surface area contributed by atoms with Gasteiger partial charge in [-0.15, -0.1) is 12.4 Å². The summed E-state index contributed by atoms with van der Waals surface area (Å²) in [7, 11) is 4.01. The summed E-state index contributed by atoms with van der Waals surface area (Å²) in [5.74, 6) is -0.0547. The van der Waals surface area contributed by atoms with Crippen molar-refractivity contribution in [3.63, 3.8) is 0 Å². The Hall–Kier alpha value is -1.96. The minimum Gasteiger partial charge on any atom is -0.308 e. The Labute approximate surface area is 170 Å². The Balaban J connectivity index is 0.00000261. The van der Waals surface area contributed by atoms with E-state index >= 15 is 0 Å². The van der Waals surface area contributed by atoms with E-state index in [0.29, 0.717) is 18.8 Å². The van der Waals surface area contributed by atoms with Crippen LogP contribution in [0.2, 0.25) is 0 Å². The summed E-state index contributed by atoms with van der Waals surface area (Å²) in [6, 6.07) is 8.08. The van der Waals surface area contributed by atoms with Crippen LogP contribution in [0, 0.1) is 0 Å². The highest BCUT2D eigenvalue weighted by Crippen LogP contribution is 2.30. The quantitative estimate of drug-likeness (QED) is 0.599. The fourth-order valence-corrected chi connectivity index (χ4v) is 3.83. The number of rotatable bonds is 7. The number of halogens is 1. The molecule has 2 heterocycles. The first kappa shape index (κ1) is 21.3. The average molecular weight is 408 g/mol. The van der Waals surface area contributed by atoms with E-state index in [2.05, 4.69) is 29.1 Å². The number of aromatic nitrogens is 3. The highest BCUT2D eigenvalue weighted by Gasteiger charge is 2.24. The molecule has 0 saturated heterocycles. The third-order valence-corrected chi connectivity index (χ3v) is 5.37. The maximum Gasteiger partial charge on any atom is 0.278 e. The SMILES string of the molecule is CCc1ccc2nc(N(CCN(C)C)C(=O)c3ccnn3CC)sc2c1.Cl. The summed E-state index contributed by atoms with van der Waals surface area (Å²) in [5.41, 5.74) is 2.82. The second-order valence-electron chi connectivity index (χ2n) is 6.44. The van der Waals surface area contributed by atoms with Crippen LogP contribution in [0.25, 0.3) is 10.2 Å². The second-order valence-corrected chi connectivity index (χ2v) is 7.45. The topological polar surface area (TPSA) is 54.3 Å². The fourth-order valence-electron chi connectivity index (χ4n) is 2.78. The molecule has 0 aliphatic carbocycles. The molecule has 0 aliphatic heterocycles. The van der Waals surface area contributed by atoms with Gasteiger partial charge in [0.2, 0.25) is 0 Å². The van der Waals surface area contributed by atoms with Gasteiger partial charge in [0.05, 0.1) is 10.2 Å². The lowest BCUT2D eigenvalue weighted by molar-refractivity contribution is 0.0975. The Kier molecular flexibility index (Phi) is 7.35. The van der Waals surface area contributed by atoms with Gasteiger partial charge in [-0.1, -0.05) is 24.3 Å². The van der Waals surface area contributed by atoms with Gasteiger partial charge in [-0.3, -0.25) is 14.4 Å². The number of hydrogen-bond acceptors (Lipinski definition) is 5. The first-order valence-electron chi connectivity index (χ1n) is 8.91. The van der Waals surface area contributed by atoms with Crippen molar-refractivity contribution in [2.24, 2.45) is 0 Å². The maximum absolute atomic E-state index is 13.2. The van der Waals surface area contributed by atoms with Crippen molar-refractivity contribution in [1.82, 2.24) is 19.7 Å². The van der Waals surface area contributed by atoms with Crippen molar-refractivity contribution < 1.29 is 4.79 Å². The molecule has 1 aromatic carbocycles. The summed E-state index contributed by atoms with van der Waals surface area (Å²) in [6.07, 6.45) is 2.66. The van der Waals surface area contributed by atoms with Crippen LogP contribution in [0.15, 0.2) is 30.5 Å². The third kappa shape index (κ3) is 4.66. The number of benzene rings is 1. The normalized spacial score (nSPS) is 11.0. The number of carbonyl (C=O) groups excluding carboxylic acids is 1. The lowest BCUT2D eigenvalue weighted by atomic mass is 10.2. The molecule has 27 heavy (non-hydrogen) atoms. The zero-order valence-electron chi connectivity index (χ0n) is 16.2. The monoisotopic (exact) mass is 407 g/mol. The molecule has 0 bridgehead atoms. The molecule has 8 heteroatoms. The molecular formula is C19H26ClN5OS. The molecule has 0 aliphatic rings. The van der Waals surface area contributed by atoms with Crippen LogP contribution in [-0.4, -0.2) is 52.8 Å². The zero-order chi connectivity index (χ0) is 18.7. The van der Waals surface area contributed by atoms with Gasteiger partial charge in [0.1, 0.15) is 5.69 Å². The summed E-state index contributed by atoms with van der Waals surface area (Å²) in [6.45, 7) is 6.14. The number of hydrogen-bond donors (Lipinski definition) is 0. The van der Waals surface area contributed by atoms with Crippen molar-refractivity contribution >= 4 is 45.0 Å². The average Bonchev–Trinajstić information content (AvgIpc) is 3.27. The summed E-state index contributed by atoms with van der Waals surface area (Å²) < 4.78 is 2.85. The lowest BCUT2D eigenvalue weighted by Gasteiger charge is -2.22. The number of carbonyl (C=O) groups is 1. The Morgan fingerprint density at radius 3 is 2.63 bits per heavy atom. The number of fused-ring (bicyclic) bond motifs is 1. The Bertz CT molecular complexity index is 905. The minimum absolute atomic E-state index is 0. The number of anilines is 1. The number of aryl methyl sites for hydroxylation is 2. The molecule has 0 fully saturated rings. The van der Waals surface area contributed by atoms with Crippen LogP contribution in [0.5, 0.6) is 0 Å². The molecule has 2 aromatic heterocycles. The highest BCUT2D eigenvalue weighted by atomic mass is 35.5. The maximum atomic E-state index is 13.2. The van der Waals surface area contributed by atoms with E-state index in [1.807, 2.05) is 27.1 Å². The Morgan fingerprint density at radius 2 is 1.96 bits per heavy atom. The Morgan fingerprint density at radius 1 is 1.19 bits per heavy atom. The molecule has 0 N–H and O–H groups in total. The van der Waals surface area contributed by atoms with Crippen molar-refractivity contribution in [2.75, 3.05) is 32.1 Å². The number of amides is 1. The predicted octanol–water partition coefficient (Wildman–Crippen LogP) is 3.71. The third-order valence-electron chi connectivity index (χ3n) is 4.33. The van der Waals surface area contributed by atoms with Gasteiger partial charge in [-0.05, 0) is 51.2 Å². The van der Waals surface area contributed by atoms with E-state index in [9.17, 15) is 4.79 Å². The number of thiazole rings is 1. The standard InChI is InChI=1S/C19H25N5OS.ClH/c1-5-14-7-8-15-17(13-14)26-19(21-15)23(12-11-22(3)4)18(25)16-9-10-20-24(16)6-2;/h7-10,13H,5-6,11-12H2,1-4H3;1H. The number of likely N-dealkylation sites (N-methyl/N-ethyl adjacent to an activating group) is 1. The van der Waals surface area contributed by atoms with Crippen molar-refractivity contribution in [3.05, 3.63) is 41.7 Å². The highest BCUT2D eigenvalue weighted by molar-refractivity contribution is 7.22. The summed E-state index contributed by atoms with van der Waals surface area (Å²) in [4.78, 5) is 21.8. The molecule has 0 unspecified atom stereocenters. The molecular weight excluding hydrogens is 382 g/mol. The van der Waals surface area contributed by atoms with Gasteiger partial charge < -0.3 is 4.90 Å². The van der Waals surface area contributed by atoms with E-state index < -0.39 is 0 Å². The van der Waals surface area contributed by atoms with Gasteiger partial charge in [-0.25, -0.2) is 4.98 Å². The molecule has 0 spiro atoms. The van der Waals surface area contributed by atoms with Crippen molar-refractivity contribution in [2.45, 2.75) is 26.8 Å². The van der Waals surface area contributed by atoms with E-state index in [1.54, 1.807) is 33.2 Å². The molecule has 1 amide bonds. The summed E-state index contributed by atoms with van der Waals surface area (Å²) in [5, 5.41) is 4.97. The van der Waals surface area contributed by atoms with E-state index in [1.165, 1.54) is 5.56 Å². The van der Waals surface area contributed by atoms with Crippen molar-refractivity contribution in [1.29, 1.82) is 0 Å². The van der Waals surface area contributed by atoms with Crippen LogP contribution in [-0.2, 0) is 13.0 Å². The minimum atomic E-state index is -0.0547. The van der Waals surface area contributed by atoms with Gasteiger partial charge in [0.25, 0.3) is 5.91 Å². The van der Waals surface area contributed by atoms with Gasteiger partial charge in [-0.2, -0.15) is 5.10 Å². The zero-order valence-corrected chi connectivity index (χ0v) is 17.8. The molecule has 146 valence electrons. The van der Waals surface area contributed by atoms with Gasteiger partial charge in [0.15, 0.2) is 5.13 Å². The second kappa shape index (κ2) is 9.30. The van der Waals surface area contributed by atoms with Crippen LogP contribution in [0.3, 0.4) is 0 Å². The van der Waals surface area contributed by atoms with E-state index in [-0.39, 0.29) is 18.3 Å². The largest absolute Gasteiger partial charge is 0.308 e. The van der Waals surface area contributed by atoms with E-state index in [4.69, 9.17) is 4.98 Å². The molecule has 3 rings (SSSR count). The molecule has 0 radical (unpaired) electrons.